The molecule has 0 unspecified atom stereocenters. The van der Waals surface area contributed by atoms with E-state index in [1.165, 1.54) is 0 Å². The topological polar surface area (TPSA) is 41.6 Å². The molecule has 4 heteroatoms. The van der Waals surface area contributed by atoms with Crippen molar-refractivity contribution in [2.24, 2.45) is 0 Å². The summed E-state index contributed by atoms with van der Waals surface area (Å²) in [6, 6.07) is 0. The largest absolute Gasteiger partial charge is 0.443 e. The molecule has 1 N–H and O–H groups in total. The van der Waals surface area contributed by atoms with Gasteiger partial charge in [0, 0.05) is 20.3 Å². The zero-order valence-corrected chi connectivity index (χ0v) is 6.05. The summed E-state index contributed by atoms with van der Waals surface area (Å²) >= 11 is 0. The van der Waals surface area contributed by atoms with E-state index in [4.69, 9.17) is 0 Å². The summed E-state index contributed by atoms with van der Waals surface area (Å²) in [7, 11) is 3.77. The van der Waals surface area contributed by atoms with Crippen LogP contribution in [0.25, 0.3) is 0 Å². The molecule has 1 aliphatic heterocycles. The number of rotatable bonds is 1. The van der Waals surface area contributed by atoms with Crippen LogP contribution in [-0.4, -0.2) is 31.7 Å². The number of hydrogen-bond acceptors (Lipinski definition) is 3. The van der Waals surface area contributed by atoms with Gasteiger partial charge in [-0.25, -0.2) is 4.79 Å². The number of carbonyl (C=O) groups is 1. The van der Waals surface area contributed by atoms with E-state index in [2.05, 4.69) is 10.1 Å². The first-order valence-corrected chi connectivity index (χ1v) is 2.99. The third kappa shape index (κ3) is 1.65. The van der Waals surface area contributed by atoms with Gasteiger partial charge < -0.3 is 9.64 Å². The van der Waals surface area contributed by atoms with Crippen molar-refractivity contribution in [3.8, 4) is 0 Å². The molecule has 4 nitrogen and oxygen atoms in total. The fourth-order valence-electron chi connectivity index (χ4n) is 0.728. The maximum atomic E-state index is 10.4. The second-order valence-corrected chi connectivity index (χ2v) is 2.32. The van der Waals surface area contributed by atoms with Crippen LogP contribution >= 0.6 is 0 Å². The number of ether oxygens (including phenoxy) is 1. The molecule has 0 spiro atoms. The fraction of sp³-hybridized carbons (Fsp3) is 0.500. The molecule has 56 valence electrons. The zero-order valence-electron chi connectivity index (χ0n) is 6.05. The number of amides is 1. The lowest BCUT2D eigenvalue weighted by Gasteiger charge is -2.04. The fourth-order valence-corrected chi connectivity index (χ4v) is 0.728. The SMILES string of the molecule is CN(C)/C=C1\COC(=O)N1. The number of hydrogen-bond donors (Lipinski definition) is 1. The maximum absolute atomic E-state index is 10.4. The van der Waals surface area contributed by atoms with Gasteiger partial charge in [0.25, 0.3) is 0 Å². The molecule has 1 fully saturated rings. The molecule has 1 heterocycles. The summed E-state index contributed by atoms with van der Waals surface area (Å²) in [4.78, 5) is 12.3. The first-order valence-electron chi connectivity index (χ1n) is 2.99. The van der Waals surface area contributed by atoms with Gasteiger partial charge in [0.2, 0.25) is 0 Å². The molecule has 0 bridgehead atoms. The predicted octanol–water partition coefficient (Wildman–Crippen LogP) is 0.129. The standard InChI is InChI=1S/C6H10N2O2/c1-8(2)3-5-4-10-6(9)7-5/h3H,4H2,1-2H3,(H,7,9)/b5-3+. The average Bonchev–Trinajstić information content (AvgIpc) is 2.13. The van der Waals surface area contributed by atoms with Crippen molar-refractivity contribution in [1.82, 2.24) is 10.2 Å². The highest BCUT2D eigenvalue weighted by molar-refractivity contribution is 5.72. The molecular weight excluding hydrogens is 132 g/mol. The van der Waals surface area contributed by atoms with E-state index in [0.29, 0.717) is 6.61 Å². The van der Waals surface area contributed by atoms with Crippen LogP contribution in [0.15, 0.2) is 11.9 Å². The van der Waals surface area contributed by atoms with Gasteiger partial charge in [0.15, 0.2) is 0 Å². The summed E-state index contributed by atoms with van der Waals surface area (Å²) in [5, 5.41) is 2.54. The normalized spacial score (nSPS) is 20.6. The van der Waals surface area contributed by atoms with E-state index in [-0.39, 0.29) is 6.09 Å². The molecule has 0 saturated carbocycles. The van der Waals surface area contributed by atoms with Gasteiger partial charge in [-0.15, -0.1) is 0 Å². The molecule has 1 aliphatic rings. The zero-order chi connectivity index (χ0) is 7.56. The van der Waals surface area contributed by atoms with Gasteiger partial charge in [0.05, 0.1) is 5.70 Å². The Morgan fingerprint density at radius 3 is 2.80 bits per heavy atom. The predicted molar refractivity (Wildman–Crippen MR) is 36.3 cm³/mol. The molecular formula is C6H10N2O2. The van der Waals surface area contributed by atoms with Crippen molar-refractivity contribution >= 4 is 6.09 Å². The summed E-state index contributed by atoms with van der Waals surface area (Å²) in [6.45, 7) is 0.358. The second-order valence-electron chi connectivity index (χ2n) is 2.32. The van der Waals surface area contributed by atoms with Gasteiger partial charge in [-0.3, -0.25) is 5.32 Å². The van der Waals surface area contributed by atoms with Crippen molar-refractivity contribution in [3.63, 3.8) is 0 Å². The van der Waals surface area contributed by atoms with Crippen LogP contribution in [0.3, 0.4) is 0 Å². The van der Waals surface area contributed by atoms with Crippen molar-refractivity contribution in [2.45, 2.75) is 0 Å². The summed E-state index contributed by atoms with van der Waals surface area (Å²) in [5.74, 6) is 0. The van der Waals surface area contributed by atoms with Crippen LogP contribution in [0.1, 0.15) is 0 Å². The molecule has 0 atom stereocenters. The Balaban J connectivity index is 2.51. The Morgan fingerprint density at radius 2 is 2.40 bits per heavy atom. The summed E-state index contributed by atoms with van der Waals surface area (Å²) in [6.07, 6.45) is 1.44. The van der Waals surface area contributed by atoms with Crippen LogP contribution in [0, 0.1) is 0 Å². The molecule has 1 rings (SSSR count). The van der Waals surface area contributed by atoms with Crippen molar-refractivity contribution in [3.05, 3.63) is 11.9 Å². The van der Waals surface area contributed by atoms with Gasteiger partial charge in [-0.05, 0) is 0 Å². The van der Waals surface area contributed by atoms with E-state index >= 15 is 0 Å². The second kappa shape index (κ2) is 2.60. The molecule has 1 amide bonds. The molecule has 10 heavy (non-hydrogen) atoms. The van der Waals surface area contributed by atoms with Crippen LogP contribution in [0.2, 0.25) is 0 Å². The third-order valence-electron chi connectivity index (χ3n) is 1.04. The number of nitrogens with one attached hydrogen (secondary N) is 1. The van der Waals surface area contributed by atoms with E-state index in [1.54, 1.807) is 0 Å². The average molecular weight is 142 g/mol. The van der Waals surface area contributed by atoms with E-state index in [1.807, 2.05) is 25.2 Å². The Labute approximate surface area is 59.5 Å². The van der Waals surface area contributed by atoms with Crippen LogP contribution in [0.4, 0.5) is 4.79 Å². The number of carbonyl (C=O) groups excluding carboxylic acids is 1. The first-order chi connectivity index (χ1) is 4.68. The van der Waals surface area contributed by atoms with Gasteiger partial charge in [-0.2, -0.15) is 0 Å². The molecule has 0 radical (unpaired) electrons. The van der Waals surface area contributed by atoms with Crippen molar-refractivity contribution < 1.29 is 9.53 Å². The smallest absolute Gasteiger partial charge is 0.411 e. The lowest BCUT2D eigenvalue weighted by molar-refractivity contribution is 0.179. The van der Waals surface area contributed by atoms with Crippen LogP contribution in [0.5, 0.6) is 0 Å². The Morgan fingerprint density at radius 1 is 1.70 bits per heavy atom. The van der Waals surface area contributed by atoms with Gasteiger partial charge in [0.1, 0.15) is 6.61 Å². The maximum Gasteiger partial charge on any atom is 0.411 e. The third-order valence-corrected chi connectivity index (χ3v) is 1.04. The van der Waals surface area contributed by atoms with Gasteiger partial charge in [-0.1, -0.05) is 0 Å². The van der Waals surface area contributed by atoms with E-state index in [0.717, 1.165) is 5.70 Å². The molecule has 1 saturated heterocycles. The van der Waals surface area contributed by atoms with Crippen LogP contribution < -0.4 is 5.32 Å². The highest BCUT2D eigenvalue weighted by Crippen LogP contribution is 2.00. The molecule has 0 aromatic rings. The highest BCUT2D eigenvalue weighted by atomic mass is 16.6. The quantitative estimate of drug-likeness (QED) is 0.565. The monoisotopic (exact) mass is 142 g/mol. The van der Waals surface area contributed by atoms with Crippen molar-refractivity contribution in [1.29, 1.82) is 0 Å². The molecule has 0 aromatic heterocycles. The van der Waals surface area contributed by atoms with Crippen molar-refractivity contribution in [2.75, 3.05) is 20.7 Å². The van der Waals surface area contributed by atoms with E-state index < -0.39 is 0 Å². The number of cyclic esters (lactones) is 1. The lowest BCUT2D eigenvalue weighted by atomic mass is 10.5. The Kier molecular flexibility index (Phi) is 1.80. The minimum Gasteiger partial charge on any atom is -0.443 e. The Hall–Kier alpha value is -1.19. The first kappa shape index (κ1) is 6.92. The summed E-state index contributed by atoms with van der Waals surface area (Å²) in [5.41, 5.74) is 0.801. The Bertz CT molecular complexity index is 175. The molecule has 0 aromatic carbocycles. The minimum absolute atomic E-state index is 0.358. The minimum atomic E-state index is -0.367. The number of alkyl carbamates (subject to hydrolysis) is 1. The van der Waals surface area contributed by atoms with Gasteiger partial charge >= 0.3 is 6.09 Å². The number of nitrogens with zero attached hydrogens (tertiary/aromatic N) is 1. The lowest BCUT2D eigenvalue weighted by Crippen LogP contribution is -2.14. The van der Waals surface area contributed by atoms with Crippen LogP contribution in [-0.2, 0) is 4.74 Å². The van der Waals surface area contributed by atoms with E-state index in [9.17, 15) is 4.79 Å². The summed E-state index contributed by atoms with van der Waals surface area (Å²) < 4.78 is 4.62. The molecule has 0 aliphatic carbocycles. The highest BCUT2D eigenvalue weighted by Gasteiger charge is 2.14.